The molecule has 1 aliphatic rings. The SMILES string of the molecule is Cc1cccc(C)c1-c1cc2nc(n1)NSc1cccc(c1)C(=O)N(CCCO)[C@H](CC(C)C)CO2. The normalized spacial score (nSPS) is 16.0. The van der Waals surface area contributed by atoms with Gasteiger partial charge in [0.1, 0.15) is 6.61 Å². The van der Waals surface area contributed by atoms with Crippen molar-refractivity contribution in [1.82, 2.24) is 14.9 Å². The third kappa shape index (κ3) is 6.17. The number of anilines is 1. The number of nitrogens with one attached hydrogen (secondary N) is 1. The molecule has 1 atom stereocenters. The second kappa shape index (κ2) is 11.8. The maximum atomic E-state index is 13.6. The summed E-state index contributed by atoms with van der Waals surface area (Å²) in [5, 5.41) is 9.51. The number of ether oxygens (including phenoxy) is 1. The van der Waals surface area contributed by atoms with Crippen LogP contribution in [-0.2, 0) is 0 Å². The van der Waals surface area contributed by atoms with E-state index in [9.17, 15) is 9.90 Å². The molecule has 4 bridgehead atoms. The lowest BCUT2D eigenvalue weighted by atomic mass is 10.00. The Kier molecular flexibility index (Phi) is 8.48. The van der Waals surface area contributed by atoms with Gasteiger partial charge in [0.15, 0.2) is 0 Å². The number of benzene rings is 2. The molecule has 0 aliphatic carbocycles. The zero-order valence-electron chi connectivity index (χ0n) is 21.3. The van der Waals surface area contributed by atoms with Crippen molar-refractivity contribution in [3.63, 3.8) is 0 Å². The number of aliphatic hydroxyl groups excluding tert-OH is 1. The number of aromatic nitrogens is 2. The highest BCUT2D eigenvalue weighted by atomic mass is 32.2. The van der Waals surface area contributed by atoms with Crippen LogP contribution in [0.4, 0.5) is 5.95 Å². The van der Waals surface area contributed by atoms with E-state index in [1.807, 2.05) is 41.3 Å². The predicted molar refractivity (Wildman–Crippen MR) is 144 cm³/mol. The van der Waals surface area contributed by atoms with E-state index in [4.69, 9.17) is 9.72 Å². The van der Waals surface area contributed by atoms with Crippen molar-refractivity contribution < 1.29 is 14.6 Å². The number of hydrogen-bond acceptors (Lipinski definition) is 7. The zero-order chi connectivity index (χ0) is 25.7. The van der Waals surface area contributed by atoms with Crippen LogP contribution in [0.1, 0.15) is 48.2 Å². The standard InChI is InChI=1S/C28H34N4O3S/c1-18(2)14-22-17-35-25-16-24(26-19(3)8-5-9-20(26)4)29-28(30-25)31-36-23-11-6-10-21(15-23)27(34)32(22)12-7-13-33/h5-6,8-11,15-16,18,22,33H,7,12-14,17H2,1-4H3,(H,29,30,31)/t22-/m1/s1. The van der Waals surface area contributed by atoms with Crippen molar-refractivity contribution in [3.05, 3.63) is 65.2 Å². The third-order valence-electron chi connectivity index (χ3n) is 6.21. The molecule has 2 N–H and O–H groups in total. The van der Waals surface area contributed by atoms with Crippen LogP contribution >= 0.6 is 11.9 Å². The first kappa shape index (κ1) is 26.0. The van der Waals surface area contributed by atoms with Crippen molar-refractivity contribution in [2.75, 3.05) is 24.5 Å². The summed E-state index contributed by atoms with van der Waals surface area (Å²) in [6.07, 6.45) is 1.27. The number of rotatable bonds is 6. The lowest BCUT2D eigenvalue weighted by molar-refractivity contribution is 0.0558. The van der Waals surface area contributed by atoms with Gasteiger partial charge in [-0.1, -0.05) is 38.1 Å². The number of aliphatic hydroxyl groups is 1. The van der Waals surface area contributed by atoms with Crippen LogP contribution in [0, 0.1) is 19.8 Å². The van der Waals surface area contributed by atoms with Crippen molar-refractivity contribution >= 4 is 23.8 Å². The average Bonchev–Trinajstić information content (AvgIpc) is 2.85. The highest BCUT2D eigenvalue weighted by Crippen LogP contribution is 2.31. The molecule has 3 aromatic rings. The maximum Gasteiger partial charge on any atom is 0.254 e. The zero-order valence-corrected chi connectivity index (χ0v) is 22.1. The monoisotopic (exact) mass is 506 g/mol. The molecular weight excluding hydrogens is 472 g/mol. The number of nitrogens with zero attached hydrogens (tertiary/aromatic N) is 3. The Labute approximate surface area is 217 Å². The minimum absolute atomic E-state index is 0.0211. The third-order valence-corrected chi connectivity index (χ3v) is 6.98. The molecule has 1 aromatic heterocycles. The van der Waals surface area contributed by atoms with Gasteiger partial charge in [-0.05, 0) is 73.9 Å². The van der Waals surface area contributed by atoms with E-state index in [1.54, 1.807) is 0 Å². The summed E-state index contributed by atoms with van der Waals surface area (Å²) in [5.74, 6) is 1.20. The predicted octanol–water partition coefficient (Wildman–Crippen LogP) is 5.51. The summed E-state index contributed by atoms with van der Waals surface area (Å²) in [5.41, 5.74) is 4.71. The van der Waals surface area contributed by atoms with Crippen LogP contribution < -0.4 is 9.46 Å². The number of amides is 1. The maximum absolute atomic E-state index is 13.6. The number of hydrogen-bond donors (Lipinski definition) is 2. The average molecular weight is 507 g/mol. The molecule has 1 aliphatic heterocycles. The van der Waals surface area contributed by atoms with Gasteiger partial charge in [0.2, 0.25) is 11.8 Å². The van der Waals surface area contributed by atoms with Crippen molar-refractivity contribution in [1.29, 1.82) is 0 Å². The van der Waals surface area contributed by atoms with Gasteiger partial charge < -0.3 is 14.7 Å². The minimum atomic E-state index is -0.170. The quantitative estimate of drug-likeness (QED) is 0.426. The first-order valence-electron chi connectivity index (χ1n) is 12.4. The van der Waals surface area contributed by atoms with Crippen molar-refractivity contribution in [2.24, 2.45) is 5.92 Å². The Morgan fingerprint density at radius 1 is 1.14 bits per heavy atom. The molecule has 8 heteroatoms. The number of carbonyl (C=O) groups excluding carboxylic acids is 1. The molecule has 0 radical (unpaired) electrons. The van der Waals surface area contributed by atoms with E-state index in [1.165, 1.54) is 11.9 Å². The summed E-state index contributed by atoms with van der Waals surface area (Å²) < 4.78 is 9.52. The largest absolute Gasteiger partial charge is 0.475 e. The molecule has 0 saturated heterocycles. The Hall–Kier alpha value is -3.10. The van der Waals surface area contributed by atoms with Crippen LogP contribution in [0.2, 0.25) is 0 Å². The van der Waals surface area contributed by atoms with E-state index in [-0.39, 0.29) is 18.6 Å². The summed E-state index contributed by atoms with van der Waals surface area (Å²) in [6, 6.07) is 15.4. The molecule has 190 valence electrons. The van der Waals surface area contributed by atoms with Crippen LogP contribution in [0.25, 0.3) is 11.3 Å². The van der Waals surface area contributed by atoms with E-state index in [2.05, 4.69) is 49.5 Å². The summed E-state index contributed by atoms with van der Waals surface area (Å²) >= 11 is 1.36. The van der Waals surface area contributed by atoms with Gasteiger partial charge in [0.25, 0.3) is 5.91 Å². The minimum Gasteiger partial charge on any atom is -0.475 e. The fourth-order valence-electron chi connectivity index (χ4n) is 4.56. The Morgan fingerprint density at radius 2 is 1.89 bits per heavy atom. The van der Waals surface area contributed by atoms with Gasteiger partial charge in [-0.2, -0.15) is 4.98 Å². The molecule has 1 amide bonds. The lowest BCUT2D eigenvalue weighted by Gasteiger charge is -2.33. The molecule has 0 saturated carbocycles. The topological polar surface area (TPSA) is 87.6 Å². The first-order chi connectivity index (χ1) is 17.4. The van der Waals surface area contributed by atoms with E-state index >= 15 is 0 Å². The van der Waals surface area contributed by atoms with E-state index < -0.39 is 0 Å². The van der Waals surface area contributed by atoms with Gasteiger partial charge in [0, 0.05) is 35.2 Å². The Balaban J connectivity index is 1.79. The van der Waals surface area contributed by atoms with Crippen molar-refractivity contribution in [2.45, 2.75) is 51.5 Å². The smallest absolute Gasteiger partial charge is 0.254 e. The van der Waals surface area contributed by atoms with Gasteiger partial charge in [-0.3, -0.25) is 9.52 Å². The fourth-order valence-corrected chi connectivity index (χ4v) is 5.19. The molecule has 7 nitrogen and oxygen atoms in total. The van der Waals surface area contributed by atoms with Gasteiger partial charge >= 0.3 is 0 Å². The van der Waals surface area contributed by atoms with E-state index in [0.29, 0.717) is 42.9 Å². The molecule has 0 unspecified atom stereocenters. The molecule has 4 rings (SSSR count). The highest BCUT2D eigenvalue weighted by Gasteiger charge is 2.27. The number of fused-ring (bicyclic) bond motifs is 4. The highest BCUT2D eigenvalue weighted by molar-refractivity contribution is 8.00. The second-order valence-corrected chi connectivity index (χ2v) is 10.5. The first-order valence-corrected chi connectivity index (χ1v) is 13.2. The molecule has 0 spiro atoms. The molecule has 2 heterocycles. The van der Waals surface area contributed by atoms with Crippen LogP contribution in [0.5, 0.6) is 5.88 Å². The van der Waals surface area contributed by atoms with Crippen molar-refractivity contribution in [3.8, 4) is 17.1 Å². The molecule has 0 fully saturated rings. The van der Waals surface area contributed by atoms with Gasteiger partial charge in [-0.15, -0.1) is 0 Å². The number of carbonyl (C=O) groups is 1. The van der Waals surface area contributed by atoms with Crippen LogP contribution in [0.3, 0.4) is 0 Å². The Morgan fingerprint density at radius 3 is 2.61 bits per heavy atom. The van der Waals surface area contributed by atoms with Crippen LogP contribution in [0.15, 0.2) is 53.4 Å². The summed E-state index contributed by atoms with van der Waals surface area (Å²) in [6.45, 7) is 9.19. The number of aryl methyl sites for hydroxylation is 2. The lowest BCUT2D eigenvalue weighted by Crippen LogP contribution is -2.45. The molecular formula is C28H34N4O3S. The summed E-state index contributed by atoms with van der Waals surface area (Å²) in [7, 11) is 0. The van der Waals surface area contributed by atoms with Gasteiger partial charge in [-0.25, -0.2) is 4.98 Å². The van der Waals surface area contributed by atoms with Gasteiger partial charge in [0.05, 0.1) is 11.7 Å². The summed E-state index contributed by atoms with van der Waals surface area (Å²) in [4.78, 5) is 25.8. The molecule has 2 aromatic carbocycles. The van der Waals surface area contributed by atoms with Crippen LogP contribution in [-0.4, -0.2) is 51.7 Å². The molecule has 36 heavy (non-hydrogen) atoms. The second-order valence-electron chi connectivity index (χ2n) is 9.58. The fraction of sp³-hybridized carbons (Fsp3) is 0.393. The van der Waals surface area contributed by atoms with E-state index in [0.717, 1.165) is 33.7 Å². The Bertz CT molecular complexity index is 1200.